The Labute approximate surface area is 101 Å². The van der Waals surface area contributed by atoms with Crippen LogP contribution in [-0.2, 0) is 0 Å². The maximum Gasteiger partial charge on any atom is 0.0556 e. The summed E-state index contributed by atoms with van der Waals surface area (Å²) in [4.78, 5) is 1.11. The molecule has 0 aliphatic carbocycles. The third-order valence-corrected chi connectivity index (χ3v) is 3.29. The molecule has 0 heterocycles. The van der Waals surface area contributed by atoms with Crippen molar-refractivity contribution in [3.8, 4) is 0 Å². The number of rotatable bonds is 3. The van der Waals surface area contributed by atoms with Gasteiger partial charge in [-0.05, 0) is 30.4 Å². The lowest BCUT2D eigenvalue weighted by atomic mass is 10.4. The topological polar surface area (TPSA) is 0 Å². The highest BCUT2D eigenvalue weighted by Gasteiger charge is 2.00. The fourth-order valence-corrected chi connectivity index (χ4v) is 2.16. The van der Waals surface area contributed by atoms with Crippen LogP contribution in [-0.4, -0.2) is 5.75 Å². The SMILES string of the molecule is CC.CCCSc1ccc(Cl)cc1Cl. The van der Waals surface area contributed by atoms with E-state index in [2.05, 4.69) is 6.92 Å². The van der Waals surface area contributed by atoms with Gasteiger partial charge < -0.3 is 0 Å². The highest BCUT2D eigenvalue weighted by Crippen LogP contribution is 2.29. The van der Waals surface area contributed by atoms with Crippen LogP contribution in [0.2, 0.25) is 10.0 Å². The lowest BCUT2D eigenvalue weighted by Crippen LogP contribution is -1.77. The molecule has 0 saturated heterocycles. The third kappa shape index (κ3) is 5.14. The fraction of sp³-hybridized carbons (Fsp3) is 0.455. The van der Waals surface area contributed by atoms with Crippen molar-refractivity contribution in [2.45, 2.75) is 32.1 Å². The summed E-state index contributed by atoms with van der Waals surface area (Å²) in [6.45, 7) is 6.15. The second-order valence-corrected chi connectivity index (χ2v) is 4.40. The van der Waals surface area contributed by atoms with Gasteiger partial charge in [0.25, 0.3) is 0 Å². The lowest BCUT2D eigenvalue weighted by molar-refractivity contribution is 1.10. The summed E-state index contributed by atoms with van der Waals surface area (Å²) in [6.07, 6.45) is 1.16. The number of halogens is 2. The van der Waals surface area contributed by atoms with Crippen molar-refractivity contribution in [3.63, 3.8) is 0 Å². The molecule has 0 radical (unpaired) electrons. The van der Waals surface area contributed by atoms with Gasteiger partial charge in [0.05, 0.1) is 5.02 Å². The molecule has 0 amide bonds. The summed E-state index contributed by atoms with van der Waals surface area (Å²) < 4.78 is 0. The standard InChI is InChI=1S/C9H10Cl2S.C2H6/c1-2-5-12-9-4-3-7(10)6-8(9)11;1-2/h3-4,6H,2,5H2,1H3;1-2H3. The Balaban J connectivity index is 0.000000791. The van der Waals surface area contributed by atoms with Crippen LogP contribution in [0.1, 0.15) is 27.2 Å². The van der Waals surface area contributed by atoms with Gasteiger partial charge in [-0.1, -0.05) is 44.0 Å². The normalized spacial score (nSPS) is 9.21. The first-order valence-electron chi connectivity index (χ1n) is 4.82. The Hall–Kier alpha value is 0.150. The quantitative estimate of drug-likeness (QED) is 0.637. The van der Waals surface area contributed by atoms with Gasteiger partial charge >= 0.3 is 0 Å². The minimum Gasteiger partial charge on any atom is -0.125 e. The zero-order valence-corrected chi connectivity index (χ0v) is 11.1. The van der Waals surface area contributed by atoms with Crippen LogP contribution < -0.4 is 0 Å². The molecule has 0 spiro atoms. The molecule has 0 aliphatic heterocycles. The Bertz CT molecular complexity index is 261. The smallest absolute Gasteiger partial charge is 0.0556 e. The minimum absolute atomic E-state index is 0.695. The van der Waals surface area contributed by atoms with Gasteiger partial charge in [0.1, 0.15) is 0 Å². The fourth-order valence-electron chi connectivity index (χ4n) is 0.804. The molecule has 1 aromatic rings. The predicted octanol–water partition coefficient (Wildman–Crippen LogP) is 5.52. The van der Waals surface area contributed by atoms with E-state index >= 15 is 0 Å². The van der Waals surface area contributed by atoms with Gasteiger partial charge in [0.2, 0.25) is 0 Å². The maximum atomic E-state index is 5.96. The van der Waals surface area contributed by atoms with Gasteiger partial charge in [-0.15, -0.1) is 11.8 Å². The van der Waals surface area contributed by atoms with Crippen LogP contribution in [0.3, 0.4) is 0 Å². The summed E-state index contributed by atoms with van der Waals surface area (Å²) >= 11 is 13.5. The molecule has 1 aromatic carbocycles. The number of thioether (sulfide) groups is 1. The second-order valence-electron chi connectivity index (χ2n) is 2.42. The molecule has 0 nitrogen and oxygen atoms in total. The van der Waals surface area contributed by atoms with Gasteiger partial charge in [-0.3, -0.25) is 0 Å². The first-order chi connectivity index (χ1) is 6.74. The Morgan fingerprint density at radius 2 is 1.86 bits per heavy atom. The van der Waals surface area contributed by atoms with Crippen molar-refractivity contribution in [3.05, 3.63) is 28.2 Å². The summed E-state index contributed by atoms with van der Waals surface area (Å²) in [5.74, 6) is 1.10. The Morgan fingerprint density at radius 1 is 1.21 bits per heavy atom. The first-order valence-corrected chi connectivity index (χ1v) is 6.56. The molecule has 3 heteroatoms. The van der Waals surface area contributed by atoms with E-state index in [-0.39, 0.29) is 0 Å². The van der Waals surface area contributed by atoms with Gasteiger partial charge in [0.15, 0.2) is 0 Å². The van der Waals surface area contributed by atoms with Crippen LogP contribution in [0.5, 0.6) is 0 Å². The van der Waals surface area contributed by atoms with Crippen LogP contribution in [0, 0.1) is 0 Å². The Kier molecular flexibility index (Phi) is 8.55. The van der Waals surface area contributed by atoms with E-state index in [1.807, 2.05) is 26.0 Å². The second kappa shape index (κ2) is 8.46. The van der Waals surface area contributed by atoms with E-state index in [9.17, 15) is 0 Å². The minimum atomic E-state index is 0.695. The molecule has 80 valence electrons. The van der Waals surface area contributed by atoms with Crippen molar-refractivity contribution < 1.29 is 0 Å². The van der Waals surface area contributed by atoms with Crippen molar-refractivity contribution in [1.29, 1.82) is 0 Å². The molecular weight excluding hydrogens is 235 g/mol. The van der Waals surface area contributed by atoms with Gasteiger partial charge in [0, 0.05) is 9.92 Å². The average Bonchev–Trinajstić information content (AvgIpc) is 2.20. The summed E-state index contributed by atoms with van der Waals surface area (Å²) in [6, 6.07) is 5.61. The Morgan fingerprint density at radius 3 is 2.36 bits per heavy atom. The van der Waals surface area contributed by atoms with Crippen molar-refractivity contribution >= 4 is 35.0 Å². The molecule has 0 aliphatic rings. The number of hydrogen-bond donors (Lipinski definition) is 0. The lowest BCUT2D eigenvalue weighted by Gasteiger charge is -2.02. The largest absolute Gasteiger partial charge is 0.125 e. The summed E-state index contributed by atoms with van der Waals surface area (Å²) in [7, 11) is 0. The molecule has 0 unspecified atom stereocenters. The zero-order chi connectivity index (χ0) is 11.0. The molecule has 0 bridgehead atoms. The van der Waals surface area contributed by atoms with Crippen LogP contribution in [0.4, 0.5) is 0 Å². The predicted molar refractivity (Wildman–Crippen MR) is 68.8 cm³/mol. The molecular formula is C11H16Cl2S. The van der Waals surface area contributed by atoms with Gasteiger partial charge in [-0.25, -0.2) is 0 Å². The van der Waals surface area contributed by atoms with E-state index in [0.29, 0.717) is 5.02 Å². The van der Waals surface area contributed by atoms with Crippen LogP contribution in [0.25, 0.3) is 0 Å². The van der Waals surface area contributed by atoms with E-state index in [4.69, 9.17) is 23.2 Å². The number of hydrogen-bond acceptors (Lipinski definition) is 1. The maximum absolute atomic E-state index is 5.96. The van der Waals surface area contributed by atoms with Gasteiger partial charge in [-0.2, -0.15) is 0 Å². The van der Waals surface area contributed by atoms with E-state index < -0.39 is 0 Å². The summed E-state index contributed by atoms with van der Waals surface area (Å²) in [5, 5.41) is 1.45. The third-order valence-electron chi connectivity index (χ3n) is 1.36. The van der Waals surface area contributed by atoms with E-state index in [0.717, 1.165) is 22.1 Å². The molecule has 0 fully saturated rings. The van der Waals surface area contributed by atoms with Crippen molar-refractivity contribution in [2.75, 3.05) is 5.75 Å². The first kappa shape index (κ1) is 14.2. The summed E-state index contributed by atoms with van der Waals surface area (Å²) in [5.41, 5.74) is 0. The molecule has 0 saturated carbocycles. The van der Waals surface area contributed by atoms with Crippen LogP contribution >= 0.6 is 35.0 Å². The monoisotopic (exact) mass is 250 g/mol. The van der Waals surface area contributed by atoms with Crippen LogP contribution in [0.15, 0.2) is 23.1 Å². The number of benzene rings is 1. The van der Waals surface area contributed by atoms with Crippen molar-refractivity contribution in [2.24, 2.45) is 0 Å². The zero-order valence-electron chi connectivity index (χ0n) is 8.81. The van der Waals surface area contributed by atoms with Crippen molar-refractivity contribution in [1.82, 2.24) is 0 Å². The van der Waals surface area contributed by atoms with E-state index in [1.165, 1.54) is 0 Å². The molecule has 14 heavy (non-hydrogen) atoms. The molecule has 0 atom stereocenters. The highest BCUT2D eigenvalue weighted by atomic mass is 35.5. The molecule has 0 N–H and O–H groups in total. The molecule has 1 rings (SSSR count). The molecule has 0 aromatic heterocycles. The highest BCUT2D eigenvalue weighted by molar-refractivity contribution is 7.99. The average molecular weight is 251 g/mol. The van der Waals surface area contributed by atoms with E-state index in [1.54, 1.807) is 17.8 Å².